The Morgan fingerprint density at radius 2 is 2.23 bits per heavy atom. The van der Waals surface area contributed by atoms with Gasteiger partial charge in [0, 0.05) is 0 Å². The van der Waals surface area contributed by atoms with Crippen LogP contribution in [0.1, 0.15) is 24.3 Å². The molecule has 0 radical (unpaired) electrons. The molecule has 1 saturated carbocycles. The van der Waals surface area contributed by atoms with Crippen molar-refractivity contribution in [1.82, 2.24) is 5.16 Å². The molecule has 1 aromatic heterocycles. The number of benzene rings is 1. The van der Waals surface area contributed by atoms with E-state index < -0.39 is 0 Å². The summed E-state index contributed by atoms with van der Waals surface area (Å²) in [6, 6.07) is 6.06. The van der Waals surface area contributed by atoms with E-state index >= 15 is 0 Å². The van der Waals surface area contributed by atoms with Crippen LogP contribution in [0.15, 0.2) is 22.7 Å². The first kappa shape index (κ1) is 6.95. The molecule has 3 nitrogen and oxygen atoms in total. The molecule has 2 N–H and O–H groups in total. The molecule has 0 saturated heterocycles. The molecular formula is C10H10N2O. The molecule has 66 valence electrons. The van der Waals surface area contributed by atoms with Crippen LogP contribution in [0.2, 0.25) is 0 Å². The highest BCUT2D eigenvalue weighted by Crippen LogP contribution is 2.44. The number of hydrogen-bond acceptors (Lipinski definition) is 3. The molecule has 1 aromatic carbocycles. The first-order valence-corrected chi connectivity index (χ1v) is 4.50. The van der Waals surface area contributed by atoms with Gasteiger partial charge in [0.25, 0.3) is 0 Å². The molecule has 0 atom stereocenters. The van der Waals surface area contributed by atoms with E-state index in [9.17, 15) is 0 Å². The molecule has 3 heteroatoms. The normalized spacial score (nSPS) is 16.6. The fourth-order valence-corrected chi connectivity index (χ4v) is 1.78. The molecule has 3 rings (SSSR count). The largest absolute Gasteiger partial charge is 0.367 e. The lowest BCUT2D eigenvalue weighted by Crippen LogP contribution is -1.85. The van der Waals surface area contributed by atoms with Crippen LogP contribution >= 0.6 is 0 Å². The van der Waals surface area contributed by atoms with E-state index in [0.29, 0.717) is 11.8 Å². The first-order valence-electron chi connectivity index (χ1n) is 4.50. The first-order chi connectivity index (χ1) is 6.36. The maximum absolute atomic E-state index is 5.71. The molecule has 0 bridgehead atoms. The third kappa shape index (κ3) is 0.932. The zero-order chi connectivity index (χ0) is 8.84. The number of anilines is 1. The van der Waals surface area contributed by atoms with Gasteiger partial charge in [0.1, 0.15) is 5.52 Å². The lowest BCUT2D eigenvalue weighted by molar-refractivity contribution is 0.445. The number of nitrogens with zero attached hydrogens (tertiary/aromatic N) is 1. The smallest absolute Gasteiger partial charge is 0.230 e. The Balaban J connectivity index is 2.36. The highest BCUT2D eigenvalue weighted by molar-refractivity contribution is 5.91. The minimum absolute atomic E-state index is 0.456. The summed E-state index contributed by atoms with van der Waals surface area (Å²) in [7, 11) is 0. The third-order valence-corrected chi connectivity index (χ3v) is 2.58. The summed E-state index contributed by atoms with van der Waals surface area (Å²) in [5.41, 5.74) is 7.89. The van der Waals surface area contributed by atoms with Crippen molar-refractivity contribution in [2.24, 2.45) is 0 Å². The quantitative estimate of drug-likeness (QED) is 0.721. The molecule has 1 aliphatic carbocycles. The summed E-state index contributed by atoms with van der Waals surface area (Å²) in [5.74, 6) is 1.14. The van der Waals surface area contributed by atoms with Gasteiger partial charge in [-0.05, 0) is 30.4 Å². The van der Waals surface area contributed by atoms with Gasteiger partial charge in [-0.15, -0.1) is 0 Å². The van der Waals surface area contributed by atoms with Crippen molar-refractivity contribution < 1.29 is 4.52 Å². The monoisotopic (exact) mass is 174 g/mol. The summed E-state index contributed by atoms with van der Waals surface area (Å²) >= 11 is 0. The van der Waals surface area contributed by atoms with Crippen LogP contribution in [0.25, 0.3) is 10.9 Å². The fourth-order valence-electron chi connectivity index (χ4n) is 1.78. The van der Waals surface area contributed by atoms with E-state index in [1.54, 1.807) is 0 Å². The van der Waals surface area contributed by atoms with Crippen molar-refractivity contribution in [2.75, 3.05) is 5.73 Å². The van der Waals surface area contributed by atoms with Crippen LogP contribution in [0.4, 0.5) is 5.88 Å². The predicted octanol–water partition coefficient (Wildman–Crippen LogP) is 2.29. The number of aromatic nitrogens is 1. The second-order valence-electron chi connectivity index (χ2n) is 3.56. The van der Waals surface area contributed by atoms with Crippen molar-refractivity contribution in [2.45, 2.75) is 18.8 Å². The second kappa shape index (κ2) is 2.25. The summed E-state index contributed by atoms with van der Waals surface area (Å²) in [4.78, 5) is 0. The maximum atomic E-state index is 5.71. The molecule has 0 amide bonds. The van der Waals surface area contributed by atoms with Crippen LogP contribution < -0.4 is 5.73 Å². The Hall–Kier alpha value is -1.51. The lowest BCUT2D eigenvalue weighted by atomic mass is 10.1. The van der Waals surface area contributed by atoms with Gasteiger partial charge in [-0.25, -0.2) is 0 Å². The predicted molar refractivity (Wildman–Crippen MR) is 50.4 cm³/mol. The lowest BCUT2D eigenvalue weighted by Gasteiger charge is -1.98. The van der Waals surface area contributed by atoms with Gasteiger partial charge in [-0.1, -0.05) is 17.3 Å². The maximum Gasteiger partial charge on any atom is 0.230 e. The number of hydrogen-bond donors (Lipinski definition) is 1. The van der Waals surface area contributed by atoms with Crippen molar-refractivity contribution in [3.63, 3.8) is 0 Å². The zero-order valence-corrected chi connectivity index (χ0v) is 7.16. The summed E-state index contributed by atoms with van der Waals surface area (Å²) in [6.07, 6.45) is 2.54. The van der Waals surface area contributed by atoms with Crippen molar-refractivity contribution in [3.8, 4) is 0 Å². The van der Waals surface area contributed by atoms with E-state index in [4.69, 9.17) is 10.3 Å². The van der Waals surface area contributed by atoms with Crippen molar-refractivity contribution in [3.05, 3.63) is 23.8 Å². The highest BCUT2D eigenvalue weighted by atomic mass is 16.5. The van der Waals surface area contributed by atoms with Crippen LogP contribution in [-0.2, 0) is 0 Å². The number of rotatable bonds is 1. The van der Waals surface area contributed by atoms with E-state index in [1.807, 2.05) is 12.1 Å². The molecular weight excluding hydrogens is 164 g/mol. The Morgan fingerprint density at radius 3 is 3.00 bits per heavy atom. The number of fused-ring (bicyclic) bond motifs is 1. The van der Waals surface area contributed by atoms with E-state index in [0.717, 1.165) is 10.9 Å². The molecule has 13 heavy (non-hydrogen) atoms. The summed E-state index contributed by atoms with van der Waals surface area (Å²) < 4.78 is 4.96. The van der Waals surface area contributed by atoms with E-state index in [-0.39, 0.29) is 0 Å². The van der Waals surface area contributed by atoms with Gasteiger partial charge in [0.2, 0.25) is 5.88 Å². The minimum Gasteiger partial charge on any atom is -0.367 e. The van der Waals surface area contributed by atoms with Crippen molar-refractivity contribution >= 4 is 16.8 Å². The topological polar surface area (TPSA) is 52.0 Å². The van der Waals surface area contributed by atoms with Gasteiger partial charge in [-0.2, -0.15) is 0 Å². The zero-order valence-electron chi connectivity index (χ0n) is 7.16. The Bertz CT molecular complexity index is 457. The third-order valence-electron chi connectivity index (χ3n) is 2.58. The summed E-state index contributed by atoms with van der Waals surface area (Å²) in [5, 5.41) is 4.91. The van der Waals surface area contributed by atoms with Crippen LogP contribution in [-0.4, -0.2) is 5.16 Å². The summed E-state index contributed by atoms with van der Waals surface area (Å²) in [6.45, 7) is 0. The Labute approximate surface area is 75.5 Å². The van der Waals surface area contributed by atoms with Crippen molar-refractivity contribution in [1.29, 1.82) is 0 Å². The number of nitrogens with two attached hydrogens (primary N) is 1. The molecule has 0 aliphatic heterocycles. The Morgan fingerprint density at radius 1 is 1.38 bits per heavy atom. The molecule has 1 aliphatic rings. The Kier molecular flexibility index (Phi) is 1.20. The van der Waals surface area contributed by atoms with E-state index in [1.165, 1.54) is 18.4 Å². The molecule has 2 aromatic rings. The number of nitrogen functional groups attached to an aromatic ring is 1. The van der Waals surface area contributed by atoms with Crippen LogP contribution in [0.3, 0.4) is 0 Å². The molecule has 0 spiro atoms. The van der Waals surface area contributed by atoms with Gasteiger partial charge in [0.15, 0.2) is 0 Å². The fraction of sp³-hybridized carbons (Fsp3) is 0.300. The molecule has 1 heterocycles. The van der Waals surface area contributed by atoms with Gasteiger partial charge < -0.3 is 10.3 Å². The average molecular weight is 174 g/mol. The van der Waals surface area contributed by atoms with Crippen LogP contribution in [0, 0.1) is 0 Å². The highest BCUT2D eigenvalue weighted by Gasteiger charge is 2.27. The SMILES string of the molecule is Nc1onc2cccc(C3CC3)c12. The van der Waals surface area contributed by atoms with Gasteiger partial charge in [-0.3, -0.25) is 0 Å². The molecule has 1 fully saturated rings. The standard InChI is InChI=1S/C10H10N2O/c11-10-9-7(6-4-5-6)2-1-3-8(9)12-13-10/h1-3,6H,4-5,11H2. The minimum atomic E-state index is 0.456. The van der Waals surface area contributed by atoms with E-state index in [2.05, 4.69) is 11.2 Å². The van der Waals surface area contributed by atoms with Gasteiger partial charge in [0.05, 0.1) is 5.39 Å². The van der Waals surface area contributed by atoms with Crippen LogP contribution in [0.5, 0.6) is 0 Å². The molecule has 0 unspecified atom stereocenters. The average Bonchev–Trinajstić information content (AvgIpc) is 2.92. The van der Waals surface area contributed by atoms with Gasteiger partial charge >= 0.3 is 0 Å². The second-order valence-corrected chi connectivity index (χ2v) is 3.56.